The number of epoxide rings is 1. The summed E-state index contributed by atoms with van der Waals surface area (Å²) in [6.45, 7) is 4.57. The summed E-state index contributed by atoms with van der Waals surface area (Å²) in [4.78, 5) is 0. The molecule has 1 saturated heterocycles. The van der Waals surface area contributed by atoms with E-state index in [1.54, 1.807) is 0 Å². The van der Waals surface area contributed by atoms with Crippen LogP contribution >= 0.6 is 0 Å². The number of fused-ring (bicyclic) bond motifs is 1. The summed E-state index contributed by atoms with van der Waals surface area (Å²) in [5.41, 5.74) is 0.345. The first kappa shape index (κ1) is 6.66. The normalized spacial score (nSPS) is 45.3. The van der Waals surface area contributed by atoms with E-state index in [4.69, 9.17) is 4.74 Å². The van der Waals surface area contributed by atoms with Gasteiger partial charge < -0.3 is 4.74 Å². The monoisotopic (exact) mass is 140 g/mol. The van der Waals surface area contributed by atoms with Crippen molar-refractivity contribution in [2.24, 2.45) is 5.92 Å². The SMILES string of the molecule is CC(C)[C@@]12CCCC[C@@H]1O2. The molecule has 10 heavy (non-hydrogen) atoms. The summed E-state index contributed by atoms with van der Waals surface area (Å²) >= 11 is 0. The Kier molecular flexibility index (Phi) is 1.31. The van der Waals surface area contributed by atoms with Gasteiger partial charge in [-0.25, -0.2) is 0 Å². The Morgan fingerprint density at radius 1 is 1.40 bits per heavy atom. The van der Waals surface area contributed by atoms with E-state index >= 15 is 0 Å². The van der Waals surface area contributed by atoms with E-state index in [0.717, 1.165) is 5.92 Å². The van der Waals surface area contributed by atoms with Gasteiger partial charge in [-0.3, -0.25) is 0 Å². The molecule has 0 N–H and O–H groups in total. The zero-order valence-corrected chi connectivity index (χ0v) is 6.89. The van der Waals surface area contributed by atoms with E-state index < -0.39 is 0 Å². The highest BCUT2D eigenvalue weighted by molar-refractivity contribution is 5.06. The van der Waals surface area contributed by atoms with Crippen molar-refractivity contribution in [2.45, 2.75) is 51.2 Å². The minimum atomic E-state index is 0.345. The van der Waals surface area contributed by atoms with E-state index in [9.17, 15) is 0 Å². The van der Waals surface area contributed by atoms with Crippen molar-refractivity contribution >= 4 is 0 Å². The molecule has 0 spiro atoms. The van der Waals surface area contributed by atoms with Crippen LogP contribution in [0.2, 0.25) is 0 Å². The lowest BCUT2D eigenvalue weighted by Crippen LogP contribution is -2.25. The van der Waals surface area contributed by atoms with Crippen LogP contribution < -0.4 is 0 Å². The van der Waals surface area contributed by atoms with E-state index in [1.165, 1.54) is 25.7 Å². The third-order valence-electron chi connectivity index (χ3n) is 3.11. The van der Waals surface area contributed by atoms with Crippen molar-refractivity contribution in [3.05, 3.63) is 0 Å². The topological polar surface area (TPSA) is 12.5 Å². The fraction of sp³-hybridized carbons (Fsp3) is 1.00. The lowest BCUT2D eigenvalue weighted by Gasteiger charge is -2.20. The number of hydrogen-bond acceptors (Lipinski definition) is 1. The number of ether oxygens (including phenoxy) is 1. The van der Waals surface area contributed by atoms with Crippen LogP contribution in [0.1, 0.15) is 39.5 Å². The minimum Gasteiger partial charge on any atom is -0.366 e. The van der Waals surface area contributed by atoms with Crippen molar-refractivity contribution in [3.8, 4) is 0 Å². The molecule has 2 fully saturated rings. The zero-order chi connectivity index (χ0) is 7.19. The van der Waals surface area contributed by atoms with Gasteiger partial charge in [-0.2, -0.15) is 0 Å². The molecule has 0 aromatic carbocycles. The maximum Gasteiger partial charge on any atom is 0.0971 e. The third-order valence-corrected chi connectivity index (χ3v) is 3.11. The highest BCUT2D eigenvalue weighted by atomic mass is 16.6. The molecule has 1 nitrogen and oxygen atoms in total. The zero-order valence-electron chi connectivity index (χ0n) is 6.89. The Labute approximate surface area is 62.8 Å². The highest BCUT2D eigenvalue weighted by Crippen LogP contribution is 2.52. The fourth-order valence-electron chi connectivity index (χ4n) is 2.28. The van der Waals surface area contributed by atoms with Crippen LogP contribution in [0.15, 0.2) is 0 Å². The second kappa shape index (κ2) is 1.97. The van der Waals surface area contributed by atoms with Crippen LogP contribution in [-0.4, -0.2) is 11.7 Å². The van der Waals surface area contributed by atoms with Crippen LogP contribution in [0.25, 0.3) is 0 Å². The molecule has 2 aliphatic rings. The lowest BCUT2D eigenvalue weighted by atomic mass is 9.81. The van der Waals surface area contributed by atoms with Gasteiger partial charge in [0.05, 0.1) is 11.7 Å². The summed E-state index contributed by atoms with van der Waals surface area (Å²) in [6, 6.07) is 0. The van der Waals surface area contributed by atoms with Gasteiger partial charge in [0.15, 0.2) is 0 Å². The second-order valence-corrected chi connectivity index (χ2v) is 3.96. The molecule has 0 amide bonds. The maximum absolute atomic E-state index is 5.73. The smallest absolute Gasteiger partial charge is 0.0971 e. The Morgan fingerprint density at radius 2 is 2.20 bits per heavy atom. The molecule has 1 aliphatic heterocycles. The van der Waals surface area contributed by atoms with Crippen LogP contribution in [0, 0.1) is 5.92 Å². The summed E-state index contributed by atoms with van der Waals surface area (Å²) < 4.78 is 5.73. The van der Waals surface area contributed by atoms with Crippen LogP contribution in [0.4, 0.5) is 0 Å². The Hall–Kier alpha value is -0.0400. The molecule has 0 radical (unpaired) electrons. The molecule has 0 aromatic heterocycles. The van der Waals surface area contributed by atoms with Gasteiger partial charge >= 0.3 is 0 Å². The molecule has 2 atom stereocenters. The predicted octanol–water partition coefficient (Wildman–Crippen LogP) is 2.35. The van der Waals surface area contributed by atoms with Crippen molar-refractivity contribution in [2.75, 3.05) is 0 Å². The maximum atomic E-state index is 5.73. The van der Waals surface area contributed by atoms with Gasteiger partial charge in [-0.05, 0) is 18.8 Å². The summed E-state index contributed by atoms with van der Waals surface area (Å²) in [7, 11) is 0. The van der Waals surface area contributed by atoms with Gasteiger partial charge in [-0.1, -0.05) is 26.7 Å². The first-order chi connectivity index (χ1) is 4.76. The molecule has 1 saturated carbocycles. The van der Waals surface area contributed by atoms with E-state index in [0.29, 0.717) is 11.7 Å². The molecule has 1 aliphatic carbocycles. The van der Waals surface area contributed by atoms with Crippen molar-refractivity contribution in [1.29, 1.82) is 0 Å². The Morgan fingerprint density at radius 3 is 2.70 bits per heavy atom. The fourth-order valence-corrected chi connectivity index (χ4v) is 2.28. The van der Waals surface area contributed by atoms with Crippen LogP contribution in [0.5, 0.6) is 0 Å². The van der Waals surface area contributed by atoms with Gasteiger partial charge in [0.2, 0.25) is 0 Å². The van der Waals surface area contributed by atoms with Gasteiger partial charge in [0.1, 0.15) is 0 Å². The molecule has 0 bridgehead atoms. The quantitative estimate of drug-likeness (QED) is 0.509. The van der Waals surface area contributed by atoms with E-state index in [2.05, 4.69) is 13.8 Å². The summed E-state index contributed by atoms with van der Waals surface area (Å²) in [5.74, 6) is 0.734. The summed E-state index contributed by atoms with van der Waals surface area (Å²) in [5, 5.41) is 0. The molecule has 58 valence electrons. The van der Waals surface area contributed by atoms with Crippen molar-refractivity contribution in [3.63, 3.8) is 0 Å². The average Bonchev–Trinajstić information content (AvgIpc) is 2.61. The first-order valence-electron chi connectivity index (χ1n) is 4.43. The Balaban J connectivity index is 2.05. The van der Waals surface area contributed by atoms with Gasteiger partial charge in [-0.15, -0.1) is 0 Å². The molecular weight excluding hydrogens is 124 g/mol. The molecular formula is C9H16O. The number of rotatable bonds is 1. The molecule has 0 aromatic rings. The largest absolute Gasteiger partial charge is 0.366 e. The standard InChI is InChI=1S/C9H16O/c1-7(2)9-6-4-3-5-8(9)10-9/h7-8H,3-6H2,1-2H3/t8-,9-/m0/s1. The minimum absolute atomic E-state index is 0.345. The molecule has 2 rings (SSSR count). The highest BCUT2D eigenvalue weighted by Gasteiger charge is 2.58. The molecule has 1 heteroatoms. The van der Waals surface area contributed by atoms with Crippen molar-refractivity contribution < 1.29 is 4.74 Å². The van der Waals surface area contributed by atoms with E-state index in [1.807, 2.05) is 0 Å². The summed E-state index contributed by atoms with van der Waals surface area (Å²) in [6.07, 6.45) is 6.04. The van der Waals surface area contributed by atoms with Crippen LogP contribution in [0.3, 0.4) is 0 Å². The lowest BCUT2D eigenvalue weighted by molar-refractivity contribution is 0.224. The Bertz CT molecular complexity index is 142. The van der Waals surface area contributed by atoms with Gasteiger partial charge in [0.25, 0.3) is 0 Å². The predicted molar refractivity (Wildman–Crippen MR) is 40.9 cm³/mol. The van der Waals surface area contributed by atoms with Gasteiger partial charge in [0, 0.05) is 0 Å². The second-order valence-electron chi connectivity index (χ2n) is 3.96. The third kappa shape index (κ3) is 0.731. The molecule has 1 heterocycles. The van der Waals surface area contributed by atoms with Crippen molar-refractivity contribution in [1.82, 2.24) is 0 Å². The van der Waals surface area contributed by atoms with Crippen LogP contribution in [-0.2, 0) is 4.74 Å². The number of hydrogen-bond donors (Lipinski definition) is 0. The average molecular weight is 140 g/mol. The first-order valence-corrected chi connectivity index (χ1v) is 4.43. The molecule has 0 unspecified atom stereocenters. The van der Waals surface area contributed by atoms with E-state index in [-0.39, 0.29) is 0 Å².